The molecule has 1 aromatic heterocycles. The van der Waals surface area contributed by atoms with Gasteiger partial charge in [-0.3, -0.25) is 4.79 Å². The summed E-state index contributed by atoms with van der Waals surface area (Å²) < 4.78 is 27.5. The van der Waals surface area contributed by atoms with Crippen LogP contribution in [0.15, 0.2) is 35.4 Å². The number of amides is 1. The van der Waals surface area contributed by atoms with Crippen molar-refractivity contribution in [2.75, 3.05) is 26.2 Å². The van der Waals surface area contributed by atoms with Crippen molar-refractivity contribution < 1.29 is 13.2 Å². The van der Waals surface area contributed by atoms with E-state index < -0.39 is 10.0 Å². The molecule has 0 aliphatic carbocycles. The average molecular weight is 431 g/mol. The van der Waals surface area contributed by atoms with Gasteiger partial charge in [-0.2, -0.15) is 4.31 Å². The van der Waals surface area contributed by atoms with E-state index >= 15 is 0 Å². The van der Waals surface area contributed by atoms with Gasteiger partial charge in [0, 0.05) is 32.4 Å². The van der Waals surface area contributed by atoms with Gasteiger partial charge in [0.15, 0.2) is 0 Å². The van der Waals surface area contributed by atoms with Gasteiger partial charge in [0.25, 0.3) is 5.91 Å². The maximum atomic E-state index is 13.0. The summed E-state index contributed by atoms with van der Waals surface area (Å²) in [7, 11) is -3.57. The summed E-state index contributed by atoms with van der Waals surface area (Å²) in [5.41, 5.74) is 2.36. The van der Waals surface area contributed by atoms with Crippen LogP contribution in [-0.2, 0) is 16.4 Å². The smallest absolute Gasteiger partial charge is 0.257 e. The number of rotatable bonds is 6. The van der Waals surface area contributed by atoms with E-state index in [0.29, 0.717) is 41.7 Å². The zero-order valence-corrected chi connectivity index (χ0v) is 18.9. The first-order chi connectivity index (χ1) is 14.3. The van der Waals surface area contributed by atoms with Gasteiger partial charge >= 0.3 is 0 Å². The van der Waals surface area contributed by atoms with Gasteiger partial charge in [-0.05, 0) is 43.4 Å². The Morgan fingerprint density at radius 1 is 1.10 bits per heavy atom. The van der Waals surface area contributed by atoms with Crippen molar-refractivity contribution in [2.24, 2.45) is 0 Å². The minimum Gasteiger partial charge on any atom is -0.336 e. The number of carbonyl (C=O) groups is 1. The number of hydrogen-bond donors (Lipinski definition) is 0. The number of sulfonamides is 1. The van der Waals surface area contributed by atoms with Crippen molar-refractivity contribution >= 4 is 15.9 Å². The second-order valence-electron chi connectivity index (χ2n) is 7.71. The van der Waals surface area contributed by atoms with Crippen LogP contribution in [0.1, 0.15) is 60.5 Å². The van der Waals surface area contributed by atoms with Crippen LogP contribution in [-0.4, -0.2) is 59.7 Å². The summed E-state index contributed by atoms with van der Waals surface area (Å²) in [5, 5.41) is 0. The fraction of sp³-hybridized carbons (Fsp3) is 0.500. The van der Waals surface area contributed by atoms with Gasteiger partial charge in [-0.25, -0.2) is 18.4 Å². The van der Waals surface area contributed by atoms with Crippen LogP contribution >= 0.6 is 0 Å². The summed E-state index contributed by atoms with van der Waals surface area (Å²) >= 11 is 0. The molecular formula is C22H30N4O3S. The van der Waals surface area contributed by atoms with Crippen LogP contribution in [0.3, 0.4) is 0 Å². The fourth-order valence-electron chi connectivity index (χ4n) is 3.62. The molecule has 2 aromatic rings. The lowest BCUT2D eigenvalue weighted by atomic mass is 9.99. The first kappa shape index (κ1) is 22.4. The lowest BCUT2D eigenvalue weighted by molar-refractivity contribution is 0.0695. The van der Waals surface area contributed by atoms with E-state index in [1.165, 1.54) is 4.31 Å². The Hall–Kier alpha value is -2.32. The first-order valence-corrected chi connectivity index (χ1v) is 11.9. The van der Waals surface area contributed by atoms with Crippen molar-refractivity contribution in [1.82, 2.24) is 19.2 Å². The zero-order valence-electron chi connectivity index (χ0n) is 18.1. The second kappa shape index (κ2) is 9.22. The quantitative estimate of drug-likeness (QED) is 0.703. The number of benzene rings is 1. The molecule has 3 rings (SSSR count). The molecule has 1 fully saturated rings. The molecule has 8 heteroatoms. The maximum absolute atomic E-state index is 13.0. The fourth-order valence-corrected chi connectivity index (χ4v) is 5.04. The molecule has 162 valence electrons. The normalized spacial score (nSPS) is 16.5. The van der Waals surface area contributed by atoms with Gasteiger partial charge in [0.05, 0.1) is 16.2 Å². The van der Waals surface area contributed by atoms with E-state index in [4.69, 9.17) is 0 Å². The van der Waals surface area contributed by atoms with Crippen LogP contribution in [0.2, 0.25) is 0 Å². The highest BCUT2D eigenvalue weighted by atomic mass is 32.2. The SMILES string of the molecule is CCc1nc(C)ncc1C(=O)N1CCN(S(=O)(=O)c2ccc(C(C)CC)cc2)CC1. The van der Waals surface area contributed by atoms with Gasteiger partial charge in [0.2, 0.25) is 10.0 Å². The average Bonchev–Trinajstić information content (AvgIpc) is 2.78. The first-order valence-electron chi connectivity index (χ1n) is 10.5. The standard InChI is InChI=1S/C22H30N4O3S/c1-5-16(3)18-7-9-19(10-8-18)30(28,29)26-13-11-25(12-14-26)22(27)20-15-23-17(4)24-21(20)6-2/h7-10,15-16H,5-6,11-14H2,1-4H3. The largest absolute Gasteiger partial charge is 0.336 e. The van der Waals surface area contributed by atoms with E-state index in [9.17, 15) is 13.2 Å². The van der Waals surface area contributed by atoms with E-state index in [0.717, 1.165) is 17.7 Å². The maximum Gasteiger partial charge on any atom is 0.257 e. The Kier molecular flexibility index (Phi) is 6.88. The van der Waals surface area contributed by atoms with Gasteiger partial charge in [-0.15, -0.1) is 0 Å². The molecule has 7 nitrogen and oxygen atoms in total. The predicted octanol–water partition coefficient (Wildman–Crippen LogP) is 3.01. The van der Waals surface area contributed by atoms with E-state index in [2.05, 4.69) is 23.8 Å². The molecule has 1 aromatic carbocycles. The molecular weight excluding hydrogens is 400 g/mol. The molecule has 1 atom stereocenters. The Morgan fingerprint density at radius 2 is 1.73 bits per heavy atom. The summed E-state index contributed by atoms with van der Waals surface area (Å²) in [4.78, 5) is 23.4. The molecule has 30 heavy (non-hydrogen) atoms. The molecule has 1 unspecified atom stereocenters. The summed E-state index contributed by atoms with van der Waals surface area (Å²) in [6.45, 7) is 9.23. The van der Waals surface area contributed by atoms with Crippen LogP contribution in [0.5, 0.6) is 0 Å². The molecule has 0 saturated carbocycles. The Balaban J connectivity index is 1.69. The molecule has 1 aliphatic rings. The van der Waals surface area contributed by atoms with Crippen LogP contribution in [0, 0.1) is 6.92 Å². The number of aromatic nitrogens is 2. The number of aryl methyl sites for hydroxylation is 2. The van der Waals surface area contributed by atoms with Crippen molar-refractivity contribution in [3.63, 3.8) is 0 Å². The second-order valence-corrected chi connectivity index (χ2v) is 9.64. The summed E-state index contributed by atoms with van der Waals surface area (Å²) in [5.74, 6) is 0.899. The van der Waals surface area contributed by atoms with Crippen LogP contribution < -0.4 is 0 Å². The highest BCUT2D eigenvalue weighted by Crippen LogP contribution is 2.23. The molecule has 0 radical (unpaired) electrons. The third kappa shape index (κ3) is 4.54. The molecule has 0 N–H and O–H groups in total. The predicted molar refractivity (Wildman–Crippen MR) is 116 cm³/mol. The molecule has 0 spiro atoms. The van der Waals surface area contributed by atoms with Crippen molar-refractivity contribution in [3.05, 3.63) is 53.1 Å². The van der Waals surface area contributed by atoms with Crippen molar-refractivity contribution in [1.29, 1.82) is 0 Å². The highest BCUT2D eigenvalue weighted by molar-refractivity contribution is 7.89. The molecule has 1 aliphatic heterocycles. The highest BCUT2D eigenvalue weighted by Gasteiger charge is 2.31. The topological polar surface area (TPSA) is 83.5 Å². The Labute approximate surface area is 179 Å². The summed E-state index contributed by atoms with van der Waals surface area (Å²) in [6, 6.07) is 7.16. The lowest BCUT2D eigenvalue weighted by Gasteiger charge is -2.34. The Bertz CT molecular complexity index is 998. The van der Waals surface area contributed by atoms with Gasteiger partial charge in [0.1, 0.15) is 5.82 Å². The molecule has 1 saturated heterocycles. The van der Waals surface area contributed by atoms with Gasteiger partial charge in [-0.1, -0.05) is 32.9 Å². The minimum atomic E-state index is -3.57. The third-order valence-electron chi connectivity index (χ3n) is 5.78. The summed E-state index contributed by atoms with van der Waals surface area (Å²) in [6.07, 6.45) is 3.23. The van der Waals surface area contributed by atoms with E-state index in [1.807, 2.05) is 19.1 Å². The van der Waals surface area contributed by atoms with E-state index in [-0.39, 0.29) is 19.0 Å². The van der Waals surface area contributed by atoms with Gasteiger partial charge < -0.3 is 4.90 Å². The molecule has 2 heterocycles. The van der Waals surface area contributed by atoms with Crippen molar-refractivity contribution in [3.8, 4) is 0 Å². The Morgan fingerprint density at radius 3 is 2.30 bits per heavy atom. The number of carbonyl (C=O) groups excluding carboxylic acids is 1. The molecule has 0 bridgehead atoms. The van der Waals surface area contributed by atoms with Crippen molar-refractivity contribution in [2.45, 2.75) is 51.3 Å². The van der Waals surface area contributed by atoms with E-state index in [1.54, 1.807) is 30.2 Å². The zero-order chi connectivity index (χ0) is 21.9. The number of hydrogen-bond acceptors (Lipinski definition) is 5. The number of nitrogens with zero attached hydrogens (tertiary/aromatic N) is 4. The van der Waals surface area contributed by atoms with Crippen LogP contribution in [0.25, 0.3) is 0 Å². The van der Waals surface area contributed by atoms with Crippen LogP contribution in [0.4, 0.5) is 0 Å². The molecule has 1 amide bonds. The lowest BCUT2D eigenvalue weighted by Crippen LogP contribution is -2.50. The third-order valence-corrected chi connectivity index (χ3v) is 7.69. The minimum absolute atomic E-state index is 0.137. The number of piperazine rings is 1. The monoisotopic (exact) mass is 430 g/mol.